The van der Waals surface area contributed by atoms with E-state index in [9.17, 15) is 9.90 Å². The largest absolute Gasteiger partial charge is 0.459 e. The summed E-state index contributed by atoms with van der Waals surface area (Å²) in [4.78, 5) is 19.7. The molecule has 3 N–H and O–H groups in total. The Morgan fingerprint density at radius 2 is 2.00 bits per heavy atom. The summed E-state index contributed by atoms with van der Waals surface area (Å²) < 4.78 is 7.62. The van der Waals surface area contributed by atoms with E-state index in [0.717, 1.165) is 32.5 Å². The first-order valence-corrected chi connectivity index (χ1v) is 8.82. The Labute approximate surface area is 152 Å². The molecule has 5 rings (SSSR count). The van der Waals surface area contributed by atoms with Gasteiger partial charge in [-0.1, -0.05) is 30.3 Å². The number of carbonyl (C=O) groups is 1. The summed E-state index contributed by atoms with van der Waals surface area (Å²) in [5.74, 6) is 0.00172. The number of rotatable bonds is 5. The summed E-state index contributed by atoms with van der Waals surface area (Å²) in [6, 6.07) is 9.29. The number of aliphatic hydroxyl groups excluding tert-OH is 1. The fourth-order valence-corrected chi connectivity index (χ4v) is 4.09. The summed E-state index contributed by atoms with van der Waals surface area (Å²) >= 11 is 0. The number of fused-ring (bicyclic) bond motifs is 3. The van der Waals surface area contributed by atoms with E-state index in [-0.39, 0.29) is 18.2 Å². The van der Waals surface area contributed by atoms with Gasteiger partial charge >= 0.3 is 5.97 Å². The number of carbonyl (C=O) groups excluding carboxylic acids is 1. The van der Waals surface area contributed by atoms with Gasteiger partial charge in [-0.2, -0.15) is 0 Å². The third kappa shape index (κ3) is 3.02. The van der Waals surface area contributed by atoms with E-state index in [1.807, 2.05) is 30.3 Å². The molecule has 2 atom stereocenters. The van der Waals surface area contributed by atoms with Crippen molar-refractivity contribution < 1.29 is 20.1 Å². The molecule has 0 amide bonds. The van der Waals surface area contributed by atoms with E-state index >= 15 is 0 Å². The van der Waals surface area contributed by atoms with Crippen LogP contribution in [-0.4, -0.2) is 63.3 Å². The lowest BCUT2D eigenvalue weighted by Crippen LogP contribution is -2.55. The smallest absolute Gasteiger partial charge is 0.339 e. The second-order valence-corrected chi connectivity index (χ2v) is 6.94. The molecular formula is C19H25N3O4. The Kier molecular flexibility index (Phi) is 5.41. The lowest BCUT2D eigenvalue weighted by Gasteiger charge is -2.45. The molecule has 1 aromatic heterocycles. The Balaban J connectivity index is 0.00000196. The number of nitrogens with zero attached hydrogens (tertiary/aromatic N) is 3. The molecule has 4 heterocycles. The van der Waals surface area contributed by atoms with Crippen LogP contribution in [0.1, 0.15) is 18.4 Å². The van der Waals surface area contributed by atoms with E-state index in [4.69, 9.17) is 4.74 Å². The molecule has 0 aliphatic carbocycles. The lowest BCUT2D eigenvalue weighted by atomic mass is 9.85. The minimum Gasteiger partial charge on any atom is -0.459 e. The predicted octanol–water partition coefficient (Wildman–Crippen LogP) is 0.432. The van der Waals surface area contributed by atoms with E-state index < -0.39 is 11.5 Å². The van der Waals surface area contributed by atoms with Crippen molar-refractivity contribution in [3.63, 3.8) is 0 Å². The average Bonchev–Trinajstić information content (AvgIpc) is 3.20. The number of aliphatic hydroxyl groups is 1. The number of benzene rings is 1. The fourth-order valence-electron chi connectivity index (χ4n) is 4.09. The number of hydrogen-bond donors (Lipinski definition) is 1. The highest BCUT2D eigenvalue weighted by Gasteiger charge is 2.46. The van der Waals surface area contributed by atoms with Crippen LogP contribution in [0.4, 0.5) is 0 Å². The number of imidazole rings is 1. The maximum Gasteiger partial charge on any atom is 0.339 e. The van der Waals surface area contributed by atoms with Crippen molar-refractivity contribution >= 4 is 5.97 Å². The normalized spacial score (nSPS) is 26.6. The molecule has 3 aliphatic rings. The van der Waals surface area contributed by atoms with Crippen molar-refractivity contribution in [1.82, 2.24) is 14.5 Å². The monoisotopic (exact) mass is 359 g/mol. The Morgan fingerprint density at radius 3 is 2.54 bits per heavy atom. The highest BCUT2D eigenvalue weighted by molar-refractivity contribution is 5.83. The first kappa shape index (κ1) is 18.6. The summed E-state index contributed by atoms with van der Waals surface area (Å²) in [5, 5.41) is 10.3. The van der Waals surface area contributed by atoms with Crippen LogP contribution in [-0.2, 0) is 15.1 Å². The van der Waals surface area contributed by atoms with Crippen molar-refractivity contribution in [2.45, 2.75) is 24.5 Å². The molecule has 7 nitrogen and oxygen atoms in total. The minimum atomic E-state index is -1.30. The SMILES string of the molecule is O.O=C(O[C@H]1C[N@]2CC[C@H]1CC2)[C@](CO)(c1ccccc1)n1ccnc1. The molecule has 26 heavy (non-hydrogen) atoms. The molecule has 7 heteroatoms. The van der Waals surface area contributed by atoms with Gasteiger partial charge in [-0.3, -0.25) is 4.90 Å². The molecule has 0 spiro atoms. The average molecular weight is 359 g/mol. The van der Waals surface area contributed by atoms with E-state index in [0.29, 0.717) is 11.5 Å². The van der Waals surface area contributed by atoms with Crippen LogP contribution in [0.15, 0.2) is 49.1 Å². The van der Waals surface area contributed by atoms with Crippen LogP contribution in [0, 0.1) is 5.92 Å². The Morgan fingerprint density at radius 1 is 1.27 bits per heavy atom. The number of piperidine rings is 3. The molecule has 2 bridgehead atoms. The van der Waals surface area contributed by atoms with Crippen LogP contribution < -0.4 is 0 Å². The number of esters is 1. The van der Waals surface area contributed by atoms with Crippen LogP contribution >= 0.6 is 0 Å². The third-order valence-corrected chi connectivity index (χ3v) is 5.62. The summed E-state index contributed by atoms with van der Waals surface area (Å²) in [5.41, 5.74) is -0.606. The summed E-state index contributed by atoms with van der Waals surface area (Å²) in [6.07, 6.45) is 6.89. The first-order chi connectivity index (χ1) is 12.2. The van der Waals surface area contributed by atoms with Gasteiger partial charge in [0.1, 0.15) is 6.10 Å². The van der Waals surface area contributed by atoms with E-state index in [2.05, 4.69) is 9.88 Å². The zero-order chi connectivity index (χ0) is 17.3. The van der Waals surface area contributed by atoms with Crippen LogP contribution in [0.5, 0.6) is 0 Å². The van der Waals surface area contributed by atoms with Crippen molar-refractivity contribution in [2.24, 2.45) is 5.92 Å². The molecular weight excluding hydrogens is 334 g/mol. The Hall–Kier alpha value is -2.22. The van der Waals surface area contributed by atoms with Crippen molar-refractivity contribution in [3.8, 4) is 0 Å². The molecule has 0 unspecified atom stereocenters. The number of hydrogen-bond acceptors (Lipinski definition) is 5. The summed E-state index contributed by atoms with van der Waals surface area (Å²) in [7, 11) is 0. The van der Waals surface area contributed by atoms with Gasteiger partial charge in [-0.15, -0.1) is 0 Å². The Bertz CT molecular complexity index is 714. The van der Waals surface area contributed by atoms with E-state index in [1.165, 1.54) is 0 Å². The fraction of sp³-hybridized carbons (Fsp3) is 0.474. The molecule has 3 fully saturated rings. The number of aromatic nitrogens is 2. The van der Waals surface area contributed by atoms with E-state index in [1.54, 1.807) is 23.3 Å². The topological polar surface area (TPSA) is 99.1 Å². The van der Waals surface area contributed by atoms with Gasteiger partial charge in [0, 0.05) is 18.9 Å². The molecule has 140 valence electrons. The standard InChI is InChI=1S/C19H23N3O3.H2O/c23-13-19(22-11-8-20-14-22,16-4-2-1-3-5-16)18(24)25-17-12-21-9-6-15(17)7-10-21;/h1-5,8,11,14-15,17,23H,6-7,9-10,12-13H2;1H2/t17-,19-;/m0./s1. The van der Waals surface area contributed by atoms with Gasteiger partial charge in [0.05, 0.1) is 12.9 Å². The van der Waals surface area contributed by atoms with Crippen molar-refractivity contribution in [1.29, 1.82) is 0 Å². The molecule has 0 radical (unpaired) electrons. The minimum absolute atomic E-state index is 0. The molecule has 0 saturated carbocycles. The molecule has 3 saturated heterocycles. The van der Waals surface area contributed by atoms with Gasteiger partial charge in [0.25, 0.3) is 0 Å². The van der Waals surface area contributed by atoms with Gasteiger partial charge in [-0.25, -0.2) is 9.78 Å². The van der Waals surface area contributed by atoms with Crippen LogP contribution in [0.25, 0.3) is 0 Å². The highest BCUT2D eigenvalue weighted by atomic mass is 16.5. The van der Waals surface area contributed by atoms with Gasteiger partial charge in [0.2, 0.25) is 0 Å². The van der Waals surface area contributed by atoms with Gasteiger partial charge in [0.15, 0.2) is 5.54 Å². The van der Waals surface area contributed by atoms with Crippen LogP contribution in [0.2, 0.25) is 0 Å². The zero-order valence-electron chi connectivity index (χ0n) is 14.6. The third-order valence-electron chi connectivity index (χ3n) is 5.62. The molecule has 2 aromatic rings. The maximum atomic E-state index is 13.3. The quantitative estimate of drug-likeness (QED) is 0.781. The van der Waals surface area contributed by atoms with Gasteiger partial charge < -0.3 is 19.9 Å². The second-order valence-electron chi connectivity index (χ2n) is 6.94. The predicted molar refractivity (Wildman–Crippen MR) is 95.5 cm³/mol. The van der Waals surface area contributed by atoms with Crippen molar-refractivity contribution in [3.05, 3.63) is 54.6 Å². The van der Waals surface area contributed by atoms with Crippen molar-refractivity contribution in [2.75, 3.05) is 26.2 Å². The molecule has 3 aliphatic heterocycles. The zero-order valence-corrected chi connectivity index (χ0v) is 14.6. The molecule has 1 aromatic carbocycles. The second kappa shape index (κ2) is 7.57. The maximum absolute atomic E-state index is 13.3. The summed E-state index contributed by atoms with van der Waals surface area (Å²) in [6.45, 7) is 2.58. The number of ether oxygens (including phenoxy) is 1. The highest BCUT2D eigenvalue weighted by Crippen LogP contribution is 2.33. The lowest BCUT2D eigenvalue weighted by molar-refractivity contribution is -0.169. The van der Waals surface area contributed by atoms with Crippen LogP contribution in [0.3, 0.4) is 0 Å². The first-order valence-electron chi connectivity index (χ1n) is 8.82. The van der Waals surface area contributed by atoms with Gasteiger partial charge in [-0.05, 0) is 37.4 Å².